The Hall–Kier alpha value is -0.480. The van der Waals surface area contributed by atoms with Gasteiger partial charge in [-0.2, -0.15) is 0 Å². The zero-order chi connectivity index (χ0) is 10.6. The van der Waals surface area contributed by atoms with Gasteiger partial charge in [0.25, 0.3) is 0 Å². The first-order valence-corrected chi connectivity index (χ1v) is 6.21. The summed E-state index contributed by atoms with van der Waals surface area (Å²) in [4.78, 5) is 0.153. The molecule has 0 radical (unpaired) electrons. The summed E-state index contributed by atoms with van der Waals surface area (Å²) >= 11 is 0. The Morgan fingerprint density at radius 1 is 1.29 bits per heavy atom. The van der Waals surface area contributed by atoms with Crippen molar-refractivity contribution in [1.29, 1.82) is 0 Å². The average Bonchev–Trinajstić information content (AvgIpc) is 2.14. The fourth-order valence-electron chi connectivity index (χ4n) is 1.06. The lowest BCUT2D eigenvalue weighted by Crippen LogP contribution is -2.12. The van der Waals surface area contributed by atoms with Crippen LogP contribution in [0.25, 0.3) is 0 Å². The van der Waals surface area contributed by atoms with E-state index in [1.807, 2.05) is 0 Å². The second-order valence-corrected chi connectivity index (χ2v) is 4.86. The second kappa shape index (κ2) is 4.84. The van der Waals surface area contributed by atoms with Gasteiger partial charge in [0, 0.05) is 6.54 Å². The molecule has 1 atom stereocenters. The van der Waals surface area contributed by atoms with Crippen molar-refractivity contribution >= 4 is 19.4 Å². The summed E-state index contributed by atoms with van der Waals surface area (Å²) in [6, 6.07) is 6.57. The summed E-state index contributed by atoms with van der Waals surface area (Å²) in [6.45, 7) is 0.833. The van der Waals surface area contributed by atoms with Gasteiger partial charge < -0.3 is 5.09 Å². The molecule has 14 heavy (non-hydrogen) atoms. The van der Waals surface area contributed by atoms with Crippen molar-refractivity contribution in [2.45, 2.75) is 11.3 Å². The third-order valence-corrected chi connectivity index (χ3v) is 3.03. The minimum atomic E-state index is -3.56. The number of nitrogens with two attached hydrogens (primary N) is 1. The zero-order valence-corrected chi connectivity index (χ0v) is 9.57. The number of benzene rings is 1. The van der Waals surface area contributed by atoms with Crippen molar-refractivity contribution in [2.24, 2.45) is 5.14 Å². The summed E-state index contributed by atoms with van der Waals surface area (Å²) in [6.07, 6.45) is 0.856. The molecule has 1 unspecified atom stereocenters. The van der Waals surface area contributed by atoms with E-state index in [0.717, 1.165) is 18.5 Å². The summed E-state index contributed by atoms with van der Waals surface area (Å²) in [5.41, 5.74) is 1.08. The standard InChI is InChI=1S/C8H13N2O2PS/c9-14(11,12)8-3-1-7(2-4-8)5-6-10-13/h1-4,10H,5-6,13H2,(H2,9,11,12). The molecule has 0 saturated heterocycles. The molecule has 0 aliphatic heterocycles. The van der Waals surface area contributed by atoms with Gasteiger partial charge in [0.2, 0.25) is 10.0 Å². The maximum atomic E-state index is 10.9. The number of nitrogens with one attached hydrogen (secondary N) is 1. The van der Waals surface area contributed by atoms with Crippen molar-refractivity contribution in [3.8, 4) is 0 Å². The molecule has 3 N–H and O–H groups in total. The van der Waals surface area contributed by atoms with Gasteiger partial charge in [-0.3, -0.25) is 0 Å². The van der Waals surface area contributed by atoms with Crippen molar-refractivity contribution in [3.63, 3.8) is 0 Å². The lowest BCUT2D eigenvalue weighted by molar-refractivity contribution is 0.598. The minimum Gasteiger partial charge on any atom is -0.300 e. The Bertz CT molecular complexity index is 388. The highest BCUT2D eigenvalue weighted by atomic mass is 32.2. The fraction of sp³-hybridized carbons (Fsp3) is 0.250. The van der Waals surface area contributed by atoms with Gasteiger partial charge in [0.1, 0.15) is 0 Å². The van der Waals surface area contributed by atoms with Crippen LogP contribution in [0.3, 0.4) is 0 Å². The van der Waals surface area contributed by atoms with Crippen molar-refractivity contribution < 1.29 is 8.42 Å². The molecule has 0 saturated carbocycles. The van der Waals surface area contributed by atoms with E-state index in [4.69, 9.17) is 5.14 Å². The van der Waals surface area contributed by atoms with Crippen LogP contribution in [0.4, 0.5) is 0 Å². The molecule has 0 heterocycles. The summed E-state index contributed by atoms with van der Waals surface area (Å²) in [7, 11) is -1.15. The van der Waals surface area contributed by atoms with Crippen molar-refractivity contribution in [2.75, 3.05) is 6.54 Å². The lowest BCUT2D eigenvalue weighted by atomic mass is 10.2. The van der Waals surface area contributed by atoms with E-state index in [0.29, 0.717) is 0 Å². The first-order valence-electron chi connectivity index (χ1n) is 4.09. The van der Waals surface area contributed by atoms with Gasteiger partial charge in [0.05, 0.1) is 4.90 Å². The van der Waals surface area contributed by atoms with Crippen LogP contribution in [0.5, 0.6) is 0 Å². The predicted octanol–water partition coefficient (Wildman–Crippen LogP) is 0.256. The summed E-state index contributed by atoms with van der Waals surface area (Å²) < 4.78 is 21.8. The molecule has 0 spiro atoms. The van der Waals surface area contributed by atoms with Crippen LogP contribution in [-0.4, -0.2) is 15.0 Å². The highest BCUT2D eigenvalue weighted by molar-refractivity contribution is 7.89. The largest absolute Gasteiger partial charge is 0.300 e. The van der Waals surface area contributed by atoms with Crippen LogP contribution in [-0.2, 0) is 16.4 Å². The molecule has 78 valence electrons. The quantitative estimate of drug-likeness (QED) is 0.731. The van der Waals surface area contributed by atoms with Gasteiger partial charge >= 0.3 is 0 Å². The van der Waals surface area contributed by atoms with Crippen LogP contribution < -0.4 is 10.2 Å². The maximum Gasteiger partial charge on any atom is 0.238 e. The number of primary sulfonamides is 1. The predicted molar refractivity (Wildman–Crippen MR) is 59.2 cm³/mol. The fourth-order valence-corrected chi connectivity index (χ4v) is 1.72. The molecular weight excluding hydrogens is 219 g/mol. The Balaban J connectivity index is 2.79. The average molecular weight is 232 g/mol. The van der Waals surface area contributed by atoms with Crippen LogP contribution >= 0.6 is 9.39 Å². The number of sulfonamides is 1. The van der Waals surface area contributed by atoms with E-state index in [1.165, 1.54) is 12.1 Å². The molecule has 0 fully saturated rings. The topological polar surface area (TPSA) is 72.2 Å². The Morgan fingerprint density at radius 3 is 2.29 bits per heavy atom. The maximum absolute atomic E-state index is 10.9. The summed E-state index contributed by atoms with van der Waals surface area (Å²) in [5.74, 6) is 0. The van der Waals surface area contributed by atoms with E-state index in [1.54, 1.807) is 12.1 Å². The molecule has 4 nitrogen and oxygen atoms in total. The normalized spacial score (nSPS) is 11.6. The second-order valence-electron chi connectivity index (χ2n) is 2.89. The van der Waals surface area contributed by atoms with E-state index in [9.17, 15) is 8.42 Å². The van der Waals surface area contributed by atoms with Crippen LogP contribution in [0, 0.1) is 0 Å². The number of hydrogen-bond donors (Lipinski definition) is 2. The van der Waals surface area contributed by atoms with Gasteiger partial charge in [-0.25, -0.2) is 13.6 Å². The highest BCUT2D eigenvalue weighted by Crippen LogP contribution is 2.08. The number of rotatable bonds is 4. The first-order chi connectivity index (χ1) is 6.54. The first kappa shape index (κ1) is 11.6. The van der Waals surface area contributed by atoms with Gasteiger partial charge in [-0.15, -0.1) is 0 Å². The molecule has 6 heteroatoms. The van der Waals surface area contributed by atoms with Gasteiger partial charge in [0.15, 0.2) is 0 Å². The molecule has 0 aliphatic carbocycles. The lowest BCUT2D eigenvalue weighted by Gasteiger charge is -2.01. The molecule has 0 amide bonds. The smallest absolute Gasteiger partial charge is 0.238 e. The van der Waals surface area contributed by atoms with Crippen molar-refractivity contribution in [3.05, 3.63) is 29.8 Å². The van der Waals surface area contributed by atoms with Gasteiger partial charge in [-0.1, -0.05) is 21.5 Å². The zero-order valence-electron chi connectivity index (χ0n) is 7.60. The van der Waals surface area contributed by atoms with Crippen molar-refractivity contribution in [1.82, 2.24) is 5.09 Å². The highest BCUT2D eigenvalue weighted by Gasteiger charge is 2.05. The SMILES string of the molecule is NS(=O)(=O)c1ccc(CCNP)cc1. The third-order valence-electron chi connectivity index (χ3n) is 1.81. The molecule has 0 aliphatic rings. The Kier molecular flexibility index (Phi) is 4.01. The van der Waals surface area contributed by atoms with Crippen LogP contribution in [0.2, 0.25) is 0 Å². The molecule has 1 aromatic rings. The molecule has 1 aromatic carbocycles. The summed E-state index contributed by atoms with van der Waals surface area (Å²) in [5, 5.41) is 7.90. The van der Waals surface area contributed by atoms with E-state index >= 15 is 0 Å². The van der Waals surface area contributed by atoms with E-state index in [2.05, 4.69) is 14.5 Å². The molecule has 0 bridgehead atoms. The van der Waals surface area contributed by atoms with E-state index in [-0.39, 0.29) is 4.90 Å². The Labute approximate surface area is 86.2 Å². The number of hydrogen-bond acceptors (Lipinski definition) is 3. The molecular formula is C8H13N2O2PS. The van der Waals surface area contributed by atoms with Crippen LogP contribution in [0.15, 0.2) is 29.2 Å². The van der Waals surface area contributed by atoms with Gasteiger partial charge in [-0.05, 0) is 24.1 Å². The molecule has 1 rings (SSSR count). The minimum absolute atomic E-state index is 0.153. The molecule has 0 aromatic heterocycles. The van der Waals surface area contributed by atoms with E-state index < -0.39 is 10.0 Å². The third kappa shape index (κ3) is 3.35. The van der Waals surface area contributed by atoms with Crippen LogP contribution in [0.1, 0.15) is 5.56 Å². The Morgan fingerprint density at radius 2 is 1.86 bits per heavy atom. The monoisotopic (exact) mass is 232 g/mol.